The van der Waals surface area contributed by atoms with Crippen molar-refractivity contribution in [3.05, 3.63) is 0 Å². The molecule has 0 aromatic carbocycles. The minimum atomic E-state index is -1.30. The zero-order valence-electron chi connectivity index (χ0n) is 11.8. The first-order chi connectivity index (χ1) is 9.82. The average Bonchev–Trinajstić information content (AvgIpc) is 2.40. The highest BCUT2D eigenvalue weighted by Crippen LogP contribution is 2.32. The molecule has 1 saturated heterocycles. The van der Waals surface area contributed by atoms with Gasteiger partial charge in [-0.2, -0.15) is 0 Å². The Kier molecular flexibility index (Phi) is 4.15. The van der Waals surface area contributed by atoms with Crippen molar-refractivity contribution < 1.29 is 24.3 Å². The van der Waals surface area contributed by atoms with E-state index in [0.717, 1.165) is 4.90 Å². The fourth-order valence-corrected chi connectivity index (χ4v) is 2.71. The molecule has 8 heteroatoms. The molecule has 1 saturated carbocycles. The Morgan fingerprint density at radius 1 is 1.24 bits per heavy atom. The van der Waals surface area contributed by atoms with Crippen molar-refractivity contribution in [2.24, 2.45) is 5.92 Å². The highest BCUT2D eigenvalue weighted by atomic mass is 16.4. The van der Waals surface area contributed by atoms with Crippen molar-refractivity contribution >= 4 is 23.8 Å². The van der Waals surface area contributed by atoms with Crippen molar-refractivity contribution in [3.63, 3.8) is 0 Å². The molecule has 0 bridgehead atoms. The van der Waals surface area contributed by atoms with E-state index in [0.29, 0.717) is 31.6 Å². The van der Waals surface area contributed by atoms with Crippen molar-refractivity contribution in [1.29, 1.82) is 0 Å². The molecule has 1 aliphatic carbocycles. The van der Waals surface area contributed by atoms with Crippen LogP contribution in [-0.4, -0.2) is 52.4 Å². The van der Waals surface area contributed by atoms with Gasteiger partial charge in [-0.1, -0.05) is 6.92 Å². The molecule has 2 fully saturated rings. The van der Waals surface area contributed by atoms with Crippen LogP contribution < -0.4 is 10.6 Å². The standard InChI is InChI=1S/C13H19N3O5/c1-8-2-4-13(5-3-8,11(19)20)15-12(21)16-6-9(17)14-10(18)7-16/h8H,2-7H2,1H3,(H,15,21)(H,19,20)(H,14,17,18). The van der Waals surface area contributed by atoms with E-state index < -0.39 is 29.4 Å². The van der Waals surface area contributed by atoms with E-state index in [9.17, 15) is 24.3 Å². The molecule has 0 spiro atoms. The van der Waals surface area contributed by atoms with Crippen LogP contribution >= 0.6 is 0 Å². The maximum Gasteiger partial charge on any atom is 0.329 e. The number of imide groups is 1. The van der Waals surface area contributed by atoms with E-state index in [2.05, 4.69) is 10.6 Å². The second-order valence-corrected chi connectivity index (χ2v) is 5.83. The number of nitrogens with zero attached hydrogens (tertiary/aromatic N) is 1. The SMILES string of the molecule is CC1CCC(NC(=O)N2CC(=O)NC(=O)C2)(C(=O)O)CC1. The van der Waals surface area contributed by atoms with Gasteiger partial charge in [0.25, 0.3) is 0 Å². The van der Waals surface area contributed by atoms with E-state index in [-0.39, 0.29) is 13.1 Å². The zero-order valence-corrected chi connectivity index (χ0v) is 11.8. The number of rotatable bonds is 2. The van der Waals surface area contributed by atoms with Gasteiger partial charge in [-0.15, -0.1) is 0 Å². The van der Waals surface area contributed by atoms with Gasteiger partial charge in [-0.05, 0) is 31.6 Å². The molecule has 0 atom stereocenters. The number of piperazine rings is 1. The summed E-state index contributed by atoms with van der Waals surface area (Å²) in [4.78, 5) is 47.3. The van der Waals surface area contributed by atoms with E-state index >= 15 is 0 Å². The molecule has 4 amide bonds. The summed E-state index contributed by atoms with van der Waals surface area (Å²) in [5.74, 6) is -1.78. The van der Waals surface area contributed by atoms with E-state index in [1.165, 1.54) is 0 Å². The maximum atomic E-state index is 12.2. The molecule has 1 heterocycles. The Labute approximate surface area is 121 Å². The third kappa shape index (κ3) is 3.32. The van der Waals surface area contributed by atoms with Gasteiger partial charge in [0.1, 0.15) is 18.6 Å². The van der Waals surface area contributed by atoms with Crippen molar-refractivity contribution in [2.45, 2.75) is 38.1 Å². The summed E-state index contributed by atoms with van der Waals surface area (Å²) >= 11 is 0. The first-order valence-corrected chi connectivity index (χ1v) is 6.95. The number of carboxylic acids is 1. The van der Waals surface area contributed by atoms with Crippen LogP contribution in [0.25, 0.3) is 0 Å². The normalized spacial score (nSPS) is 29.8. The number of nitrogens with one attached hydrogen (secondary N) is 2. The fourth-order valence-electron chi connectivity index (χ4n) is 2.71. The van der Waals surface area contributed by atoms with Gasteiger partial charge >= 0.3 is 12.0 Å². The minimum Gasteiger partial charge on any atom is -0.480 e. The van der Waals surface area contributed by atoms with Crippen LogP contribution in [0, 0.1) is 5.92 Å². The second kappa shape index (κ2) is 5.71. The van der Waals surface area contributed by atoms with Gasteiger partial charge in [0.05, 0.1) is 0 Å². The minimum absolute atomic E-state index is 0.246. The lowest BCUT2D eigenvalue weighted by Gasteiger charge is -2.38. The third-order valence-corrected chi connectivity index (χ3v) is 4.12. The molecule has 116 valence electrons. The highest BCUT2D eigenvalue weighted by Gasteiger charge is 2.43. The molecule has 0 aromatic rings. The lowest BCUT2D eigenvalue weighted by atomic mass is 9.77. The van der Waals surface area contributed by atoms with Gasteiger partial charge in [-0.3, -0.25) is 14.9 Å². The second-order valence-electron chi connectivity index (χ2n) is 5.83. The molecule has 21 heavy (non-hydrogen) atoms. The Bertz CT molecular complexity index is 466. The number of carboxylic acid groups (broad SMARTS) is 1. The molecule has 2 rings (SSSR count). The number of amides is 4. The van der Waals surface area contributed by atoms with Crippen LogP contribution in [0.4, 0.5) is 4.79 Å². The molecular formula is C13H19N3O5. The van der Waals surface area contributed by atoms with Crippen molar-refractivity contribution in [3.8, 4) is 0 Å². The summed E-state index contributed by atoms with van der Waals surface area (Å²) in [5, 5.41) is 14.1. The predicted octanol–water partition coefficient (Wildman–Crippen LogP) is -0.312. The molecule has 0 radical (unpaired) electrons. The number of urea groups is 1. The summed E-state index contributed by atoms with van der Waals surface area (Å²) in [6.07, 6.45) is 2.13. The predicted molar refractivity (Wildman–Crippen MR) is 71.3 cm³/mol. The van der Waals surface area contributed by atoms with Gasteiger partial charge in [0.15, 0.2) is 0 Å². The summed E-state index contributed by atoms with van der Waals surface area (Å²) in [5.41, 5.74) is -1.30. The van der Waals surface area contributed by atoms with Crippen molar-refractivity contribution in [2.75, 3.05) is 13.1 Å². The molecule has 3 N–H and O–H groups in total. The van der Waals surface area contributed by atoms with Crippen LogP contribution in [0.1, 0.15) is 32.6 Å². The molecule has 0 aromatic heterocycles. The average molecular weight is 297 g/mol. The first kappa shape index (κ1) is 15.3. The van der Waals surface area contributed by atoms with Crippen molar-refractivity contribution in [1.82, 2.24) is 15.5 Å². The Morgan fingerprint density at radius 3 is 2.24 bits per heavy atom. The largest absolute Gasteiger partial charge is 0.480 e. The smallest absolute Gasteiger partial charge is 0.329 e. The van der Waals surface area contributed by atoms with Crippen LogP contribution in [0.3, 0.4) is 0 Å². The Balaban J connectivity index is 2.06. The monoisotopic (exact) mass is 297 g/mol. The van der Waals surface area contributed by atoms with E-state index in [4.69, 9.17) is 0 Å². The molecule has 2 aliphatic rings. The van der Waals surface area contributed by atoms with Gasteiger partial charge in [0, 0.05) is 0 Å². The summed E-state index contributed by atoms with van der Waals surface area (Å²) in [6, 6.07) is -0.685. The fraction of sp³-hybridized carbons (Fsp3) is 0.692. The van der Waals surface area contributed by atoms with E-state index in [1.54, 1.807) is 0 Å². The van der Waals surface area contributed by atoms with Crippen LogP contribution in [0.5, 0.6) is 0 Å². The highest BCUT2D eigenvalue weighted by molar-refractivity contribution is 6.02. The molecule has 0 unspecified atom stereocenters. The summed E-state index contributed by atoms with van der Waals surface area (Å²) < 4.78 is 0. The lowest BCUT2D eigenvalue weighted by Crippen LogP contribution is -2.62. The number of hydrogen-bond acceptors (Lipinski definition) is 4. The first-order valence-electron chi connectivity index (χ1n) is 6.95. The number of carbonyl (C=O) groups is 4. The topological polar surface area (TPSA) is 116 Å². The number of hydrogen-bond donors (Lipinski definition) is 3. The summed E-state index contributed by atoms with van der Waals surface area (Å²) in [6.45, 7) is 1.55. The third-order valence-electron chi connectivity index (χ3n) is 4.12. The van der Waals surface area contributed by atoms with Crippen LogP contribution in [-0.2, 0) is 14.4 Å². The zero-order chi connectivity index (χ0) is 15.6. The van der Waals surface area contributed by atoms with Gasteiger partial charge in [0.2, 0.25) is 11.8 Å². The lowest BCUT2D eigenvalue weighted by molar-refractivity contribution is -0.146. The quantitative estimate of drug-likeness (QED) is 0.604. The molecular weight excluding hydrogens is 278 g/mol. The van der Waals surface area contributed by atoms with E-state index in [1.807, 2.05) is 6.92 Å². The maximum absolute atomic E-state index is 12.2. The van der Waals surface area contributed by atoms with Crippen LogP contribution in [0.2, 0.25) is 0 Å². The van der Waals surface area contributed by atoms with Gasteiger partial charge in [-0.25, -0.2) is 9.59 Å². The number of aliphatic carboxylic acids is 1. The summed E-state index contributed by atoms with van der Waals surface area (Å²) in [7, 11) is 0. The Hall–Kier alpha value is -2.12. The van der Waals surface area contributed by atoms with Gasteiger partial charge < -0.3 is 15.3 Å². The molecule has 1 aliphatic heterocycles. The number of carbonyl (C=O) groups excluding carboxylic acids is 3. The van der Waals surface area contributed by atoms with Crippen LogP contribution in [0.15, 0.2) is 0 Å². The Morgan fingerprint density at radius 2 is 1.76 bits per heavy atom. The molecule has 8 nitrogen and oxygen atoms in total.